The number of carbonyl (C=O) groups is 1. The molecule has 4 aromatic rings. The Labute approximate surface area is 137 Å². The molecule has 2 N–H and O–H groups in total. The van der Waals surface area contributed by atoms with E-state index in [0.717, 1.165) is 16.8 Å². The lowest BCUT2D eigenvalue weighted by Gasteiger charge is -2.06. The van der Waals surface area contributed by atoms with Gasteiger partial charge in [0.15, 0.2) is 5.65 Å². The number of H-pyrrole nitrogens is 1. The Morgan fingerprint density at radius 1 is 1.17 bits per heavy atom. The van der Waals surface area contributed by atoms with Crippen LogP contribution in [-0.2, 0) is 7.05 Å². The normalized spacial score (nSPS) is 11.1. The van der Waals surface area contributed by atoms with E-state index in [-0.39, 0.29) is 5.91 Å². The monoisotopic (exact) mass is 320 g/mol. The average Bonchev–Trinajstić information content (AvgIpc) is 3.29. The summed E-state index contributed by atoms with van der Waals surface area (Å²) in [7, 11) is 1.82. The Morgan fingerprint density at radius 2 is 1.88 bits per heavy atom. The van der Waals surface area contributed by atoms with E-state index in [4.69, 9.17) is 0 Å². The van der Waals surface area contributed by atoms with Gasteiger partial charge < -0.3 is 9.88 Å². The molecule has 0 spiro atoms. The minimum absolute atomic E-state index is 0.192. The van der Waals surface area contributed by atoms with E-state index in [1.54, 1.807) is 16.8 Å². The number of hydrogen-bond donors (Lipinski definition) is 2. The zero-order chi connectivity index (χ0) is 16.7. The minimum atomic E-state index is -0.192. The van der Waals surface area contributed by atoms with Gasteiger partial charge in [0.2, 0.25) is 0 Å². The summed E-state index contributed by atoms with van der Waals surface area (Å²) in [6.07, 6.45) is 3.92. The number of fused-ring (bicyclic) bond motifs is 1. The molecule has 120 valence electrons. The Balaban J connectivity index is 1.59. The molecule has 3 heterocycles. The molecule has 0 bridgehead atoms. The van der Waals surface area contributed by atoms with Gasteiger partial charge in [0.05, 0.1) is 11.1 Å². The van der Waals surface area contributed by atoms with Crippen molar-refractivity contribution in [3.63, 3.8) is 0 Å². The first-order chi connectivity index (χ1) is 11.6. The SMILES string of the molecule is Cc1nn(C)c2n[nH]c(NC(=O)c3ccc(-n4cccc4)cc3)c12. The van der Waals surface area contributed by atoms with E-state index in [2.05, 4.69) is 20.6 Å². The lowest BCUT2D eigenvalue weighted by Crippen LogP contribution is -2.12. The largest absolute Gasteiger partial charge is 0.324 e. The van der Waals surface area contributed by atoms with Gasteiger partial charge in [0.25, 0.3) is 5.91 Å². The van der Waals surface area contributed by atoms with Gasteiger partial charge in [-0.2, -0.15) is 10.2 Å². The molecule has 7 nitrogen and oxygen atoms in total. The van der Waals surface area contributed by atoms with Crippen LogP contribution in [0.1, 0.15) is 16.1 Å². The molecular weight excluding hydrogens is 304 g/mol. The molecule has 0 aliphatic rings. The van der Waals surface area contributed by atoms with E-state index in [0.29, 0.717) is 17.0 Å². The predicted molar refractivity (Wildman–Crippen MR) is 91.3 cm³/mol. The van der Waals surface area contributed by atoms with Gasteiger partial charge in [0, 0.05) is 30.7 Å². The highest BCUT2D eigenvalue weighted by molar-refractivity contribution is 6.08. The molecule has 24 heavy (non-hydrogen) atoms. The molecule has 0 atom stereocenters. The fourth-order valence-corrected chi connectivity index (χ4v) is 2.80. The molecule has 0 aliphatic carbocycles. The first-order valence-corrected chi connectivity index (χ1v) is 7.56. The Bertz CT molecular complexity index is 1010. The van der Waals surface area contributed by atoms with E-state index < -0.39 is 0 Å². The van der Waals surface area contributed by atoms with Crippen molar-refractivity contribution in [2.45, 2.75) is 6.92 Å². The number of carbonyl (C=O) groups excluding carboxylic acids is 1. The summed E-state index contributed by atoms with van der Waals surface area (Å²) in [6.45, 7) is 1.89. The number of aryl methyl sites for hydroxylation is 2. The summed E-state index contributed by atoms with van der Waals surface area (Å²) in [4.78, 5) is 12.5. The molecule has 0 radical (unpaired) electrons. The van der Waals surface area contributed by atoms with Gasteiger partial charge in [-0.25, -0.2) is 4.68 Å². The van der Waals surface area contributed by atoms with Crippen molar-refractivity contribution >= 4 is 22.8 Å². The van der Waals surface area contributed by atoms with Crippen molar-refractivity contribution in [3.05, 3.63) is 60.0 Å². The second kappa shape index (κ2) is 5.38. The van der Waals surface area contributed by atoms with Crippen LogP contribution in [0.3, 0.4) is 0 Å². The van der Waals surface area contributed by atoms with Crippen LogP contribution in [0.15, 0.2) is 48.8 Å². The predicted octanol–water partition coefficient (Wildman–Crippen LogP) is 2.65. The average molecular weight is 320 g/mol. The van der Waals surface area contributed by atoms with Crippen LogP contribution in [0.2, 0.25) is 0 Å². The summed E-state index contributed by atoms with van der Waals surface area (Å²) >= 11 is 0. The van der Waals surface area contributed by atoms with Crippen molar-refractivity contribution in [2.75, 3.05) is 5.32 Å². The summed E-state index contributed by atoms with van der Waals surface area (Å²) < 4.78 is 3.67. The molecular formula is C17H16N6O. The van der Waals surface area contributed by atoms with Crippen LogP contribution in [0, 0.1) is 6.92 Å². The quantitative estimate of drug-likeness (QED) is 0.609. The zero-order valence-corrected chi connectivity index (χ0v) is 13.3. The second-order valence-electron chi connectivity index (χ2n) is 5.60. The van der Waals surface area contributed by atoms with E-state index in [1.165, 1.54) is 0 Å². The number of rotatable bonds is 3. The molecule has 0 fully saturated rings. The number of aromatic amines is 1. The summed E-state index contributed by atoms with van der Waals surface area (Å²) in [5.41, 5.74) is 3.11. The summed E-state index contributed by atoms with van der Waals surface area (Å²) in [5, 5.41) is 15.1. The van der Waals surface area contributed by atoms with Crippen LogP contribution >= 0.6 is 0 Å². The topological polar surface area (TPSA) is 80.5 Å². The van der Waals surface area contributed by atoms with Crippen molar-refractivity contribution in [3.8, 4) is 5.69 Å². The molecule has 4 rings (SSSR count). The highest BCUT2D eigenvalue weighted by Crippen LogP contribution is 2.23. The fourth-order valence-electron chi connectivity index (χ4n) is 2.80. The van der Waals surface area contributed by atoms with Crippen molar-refractivity contribution in [1.29, 1.82) is 0 Å². The third-order valence-corrected chi connectivity index (χ3v) is 3.99. The Kier molecular flexibility index (Phi) is 3.19. The van der Waals surface area contributed by atoms with Crippen LogP contribution in [0.5, 0.6) is 0 Å². The standard InChI is InChI=1S/C17H16N6O/c1-11-14-15(19-20-16(14)22(2)21-11)18-17(24)12-5-7-13(8-6-12)23-9-3-4-10-23/h3-10H,1-2H3,(H2,18,19,20,24). The van der Waals surface area contributed by atoms with Crippen molar-refractivity contribution in [1.82, 2.24) is 24.5 Å². The Hall–Kier alpha value is -3.35. The number of aromatic nitrogens is 5. The van der Waals surface area contributed by atoms with Gasteiger partial charge in [-0.15, -0.1) is 0 Å². The number of amides is 1. The van der Waals surface area contributed by atoms with E-state index in [1.807, 2.05) is 55.2 Å². The maximum Gasteiger partial charge on any atom is 0.256 e. The molecule has 3 aromatic heterocycles. The highest BCUT2D eigenvalue weighted by Gasteiger charge is 2.16. The zero-order valence-electron chi connectivity index (χ0n) is 13.3. The van der Waals surface area contributed by atoms with Crippen molar-refractivity contribution in [2.24, 2.45) is 7.05 Å². The molecule has 0 saturated heterocycles. The number of nitrogens with one attached hydrogen (secondary N) is 2. The third kappa shape index (κ3) is 2.26. The van der Waals surface area contributed by atoms with Crippen LogP contribution in [0.25, 0.3) is 16.7 Å². The molecule has 0 unspecified atom stereocenters. The molecule has 1 amide bonds. The second-order valence-corrected chi connectivity index (χ2v) is 5.60. The molecule has 0 aliphatic heterocycles. The minimum Gasteiger partial charge on any atom is -0.324 e. The number of anilines is 1. The smallest absolute Gasteiger partial charge is 0.256 e. The number of nitrogens with zero attached hydrogens (tertiary/aromatic N) is 4. The molecule has 7 heteroatoms. The molecule has 0 saturated carbocycles. The van der Waals surface area contributed by atoms with Gasteiger partial charge >= 0.3 is 0 Å². The lowest BCUT2D eigenvalue weighted by atomic mass is 10.2. The van der Waals surface area contributed by atoms with Gasteiger partial charge in [-0.1, -0.05) is 0 Å². The van der Waals surface area contributed by atoms with Gasteiger partial charge in [0.1, 0.15) is 5.82 Å². The molecule has 1 aromatic carbocycles. The van der Waals surface area contributed by atoms with Crippen molar-refractivity contribution < 1.29 is 4.79 Å². The number of benzene rings is 1. The fraction of sp³-hybridized carbons (Fsp3) is 0.118. The number of hydrogen-bond acceptors (Lipinski definition) is 3. The third-order valence-electron chi connectivity index (χ3n) is 3.99. The van der Waals surface area contributed by atoms with E-state index >= 15 is 0 Å². The first kappa shape index (κ1) is 14.3. The summed E-state index contributed by atoms with van der Waals surface area (Å²) in [5.74, 6) is 0.373. The van der Waals surface area contributed by atoms with Gasteiger partial charge in [-0.05, 0) is 43.3 Å². The van der Waals surface area contributed by atoms with Gasteiger partial charge in [-0.3, -0.25) is 9.89 Å². The lowest BCUT2D eigenvalue weighted by molar-refractivity contribution is 0.102. The summed E-state index contributed by atoms with van der Waals surface area (Å²) in [6, 6.07) is 11.3. The van der Waals surface area contributed by atoms with Crippen LogP contribution < -0.4 is 5.32 Å². The van der Waals surface area contributed by atoms with Crippen LogP contribution in [-0.4, -0.2) is 30.5 Å². The first-order valence-electron chi connectivity index (χ1n) is 7.56. The maximum atomic E-state index is 12.5. The van der Waals surface area contributed by atoms with E-state index in [9.17, 15) is 4.79 Å². The van der Waals surface area contributed by atoms with Crippen LogP contribution in [0.4, 0.5) is 5.82 Å². The highest BCUT2D eigenvalue weighted by atomic mass is 16.1. The maximum absolute atomic E-state index is 12.5. The Morgan fingerprint density at radius 3 is 2.58 bits per heavy atom.